The zero-order valence-corrected chi connectivity index (χ0v) is 15.9. The maximum atomic E-state index is 11.6. The topological polar surface area (TPSA) is 96.0 Å². The van der Waals surface area contributed by atoms with Crippen LogP contribution in [0, 0.1) is 0 Å². The Labute approximate surface area is 150 Å². The molecule has 2 heterocycles. The van der Waals surface area contributed by atoms with Gasteiger partial charge in [0.15, 0.2) is 0 Å². The van der Waals surface area contributed by atoms with E-state index in [1.54, 1.807) is 36.4 Å². The molecule has 9 heteroatoms. The van der Waals surface area contributed by atoms with Gasteiger partial charge in [-0.15, -0.1) is 0 Å². The van der Waals surface area contributed by atoms with Gasteiger partial charge in [-0.2, -0.15) is 0 Å². The lowest BCUT2D eigenvalue weighted by molar-refractivity contribution is 0.0696. The van der Waals surface area contributed by atoms with E-state index < -0.39 is 26.9 Å². The van der Waals surface area contributed by atoms with Gasteiger partial charge >= 0.3 is 19.5 Å². The molecule has 7 nitrogen and oxygen atoms in total. The van der Waals surface area contributed by atoms with E-state index in [2.05, 4.69) is 4.52 Å². The lowest BCUT2D eigenvalue weighted by atomic mass is 10.1. The second-order valence-corrected chi connectivity index (χ2v) is 10.4. The first-order valence-corrected chi connectivity index (χ1v) is 11.9. The van der Waals surface area contributed by atoms with Gasteiger partial charge in [0.2, 0.25) is 0 Å². The van der Waals surface area contributed by atoms with Gasteiger partial charge in [-0.1, -0.05) is 30.3 Å². The minimum absolute atomic E-state index is 0.316. The van der Waals surface area contributed by atoms with Gasteiger partial charge in [0.1, 0.15) is 11.3 Å². The van der Waals surface area contributed by atoms with E-state index in [0.717, 1.165) is 5.56 Å². The van der Waals surface area contributed by atoms with Crippen LogP contribution in [0.2, 0.25) is 0 Å². The van der Waals surface area contributed by atoms with Crippen LogP contribution in [-0.4, -0.2) is 25.3 Å². The Morgan fingerprint density at radius 1 is 0.769 bits per heavy atom. The van der Waals surface area contributed by atoms with Crippen LogP contribution in [0.4, 0.5) is 0 Å². The normalized spacial score (nSPS) is 26.1. The third kappa shape index (κ3) is 4.06. The van der Waals surface area contributed by atoms with E-state index in [9.17, 15) is 18.7 Å². The SMILES string of the molecule is CP1(=O)Cc2ccccc2C(=O)O1.CP1(=O)OC(=O)c2ccccc2O1. The number of carbonyl (C=O) groups is 2. The molecule has 0 spiro atoms. The average molecular weight is 394 g/mol. The Morgan fingerprint density at radius 2 is 1.35 bits per heavy atom. The number of hydrogen-bond acceptors (Lipinski definition) is 7. The van der Waals surface area contributed by atoms with Gasteiger partial charge in [-0.25, -0.2) is 14.2 Å². The molecule has 2 aromatic carbocycles. The number of fused-ring (bicyclic) bond motifs is 2. The summed E-state index contributed by atoms with van der Waals surface area (Å²) in [6.07, 6.45) is 0.356. The highest BCUT2D eigenvalue weighted by atomic mass is 31.2. The summed E-state index contributed by atoms with van der Waals surface area (Å²) >= 11 is 0. The summed E-state index contributed by atoms with van der Waals surface area (Å²) in [5.41, 5.74) is 1.68. The molecule has 0 aromatic heterocycles. The number of rotatable bonds is 0. The highest BCUT2D eigenvalue weighted by Gasteiger charge is 2.33. The Kier molecular flexibility index (Phi) is 4.78. The first kappa shape index (κ1) is 18.4. The van der Waals surface area contributed by atoms with Crippen LogP contribution in [0.25, 0.3) is 0 Å². The third-order valence-corrected chi connectivity index (χ3v) is 6.08. The number of para-hydroxylation sites is 1. The molecule has 26 heavy (non-hydrogen) atoms. The standard InChI is InChI=1S/C9H9O3P.C8H7O4P/c1-13(11)6-7-4-2-3-5-8(7)9(10)12-13;1-13(10)11-7-5-3-2-4-6(7)8(9)12-13/h2-5H,6H2,1H3;2-5H,1H3. The Morgan fingerprint density at radius 3 is 2.08 bits per heavy atom. The predicted molar refractivity (Wildman–Crippen MR) is 95.1 cm³/mol. The summed E-state index contributed by atoms with van der Waals surface area (Å²) in [5, 5.41) is 0. The monoisotopic (exact) mass is 394 g/mol. The number of hydrogen-bond donors (Lipinski definition) is 0. The summed E-state index contributed by atoms with van der Waals surface area (Å²) in [4.78, 5) is 22.5. The molecular weight excluding hydrogens is 378 g/mol. The largest absolute Gasteiger partial charge is 0.430 e. The molecule has 0 radical (unpaired) electrons. The Bertz CT molecular complexity index is 903. The van der Waals surface area contributed by atoms with Gasteiger partial charge in [-0.05, 0) is 23.8 Å². The highest BCUT2D eigenvalue weighted by molar-refractivity contribution is 7.58. The van der Waals surface area contributed by atoms with Gasteiger partial charge in [0.05, 0.1) is 18.4 Å². The van der Waals surface area contributed by atoms with Gasteiger partial charge in [0, 0.05) is 6.66 Å². The summed E-state index contributed by atoms with van der Waals surface area (Å²) in [5.74, 6) is -0.732. The van der Waals surface area contributed by atoms with Crippen molar-refractivity contribution in [3.63, 3.8) is 0 Å². The lowest BCUT2D eigenvalue weighted by Gasteiger charge is -2.21. The molecule has 0 aliphatic carbocycles. The molecule has 0 saturated heterocycles. The van der Waals surface area contributed by atoms with Crippen molar-refractivity contribution in [2.45, 2.75) is 6.16 Å². The fourth-order valence-corrected chi connectivity index (χ4v) is 4.90. The smallest absolute Gasteiger partial charge is 0.415 e. The molecule has 2 aliphatic rings. The molecule has 136 valence electrons. The van der Waals surface area contributed by atoms with Crippen LogP contribution in [0.15, 0.2) is 48.5 Å². The quantitative estimate of drug-likeness (QED) is 0.614. The summed E-state index contributed by atoms with van der Waals surface area (Å²) in [7, 11) is -5.95. The zero-order chi connectivity index (χ0) is 18.9. The first-order chi connectivity index (χ1) is 12.2. The molecular formula is C17H16O7P2. The van der Waals surface area contributed by atoms with Crippen molar-refractivity contribution in [2.75, 3.05) is 13.3 Å². The van der Waals surface area contributed by atoms with Crippen molar-refractivity contribution in [2.24, 2.45) is 0 Å². The maximum Gasteiger partial charge on any atom is 0.430 e. The second-order valence-electron chi connectivity index (χ2n) is 5.95. The molecule has 2 unspecified atom stereocenters. The summed E-state index contributed by atoms with van der Waals surface area (Å²) in [6, 6.07) is 13.7. The third-order valence-electron chi connectivity index (χ3n) is 3.59. The van der Waals surface area contributed by atoms with Crippen LogP contribution in [0.1, 0.15) is 26.3 Å². The zero-order valence-electron chi connectivity index (χ0n) is 14.1. The van der Waals surface area contributed by atoms with Crippen molar-refractivity contribution >= 4 is 26.9 Å². The minimum atomic E-state index is -3.22. The number of carbonyl (C=O) groups excluding carboxylic acids is 2. The minimum Gasteiger partial charge on any atom is -0.415 e. The molecule has 2 aromatic rings. The maximum absolute atomic E-state index is 11.6. The predicted octanol–water partition coefficient (Wildman–Crippen LogP) is 4.32. The summed E-state index contributed by atoms with van der Waals surface area (Å²) in [6.45, 7) is 2.75. The van der Waals surface area contributed by atoms with Gasteiger partial charge < -0.3 is 13.6 Å². The van der Waals surface area contributed by atoms with Gasteiger partial charge in [0.25, 0.3) is 7.37 Å². The van der Waals surface area contributed by atoms with E-state index in [1.807, 2.05) is 12.1 Å². The van der Waals surface area contributed by atoms with E-state index >= 15 is 0 Å². The highest BCUT2D eigenvalue weighted by Crippen LogP contribution is 2.51. The molecule has 0 amide bonds. The molecule has 0 fully saturated rings. The van der Waals surface area contributed by atoms with Crippen molar-refractivity contribution < 1.29 is 32.3 Å². The molecule has 0 saturated carbocycles. The lowest BCUT2D eigenvalue weighted by Crippen LogP contribution is -2.13. The van der Waals surface area contributed by atoms with Crippen molar-refractivity contribution in [3.05, 3.63) is 65.2 Å². The van der Waals surface area contributed by atoms with Gasteiger partial charge in [-0.3, -0.25) is 4.57 Å². The van der Waals surface area contributed by atoms with E-state index in [1.165, 1.54) is 13.3 Å². The van der Waals surface area contributed by atoms with Crippen LogP contribution in [0.3, 0.4) is 0 Å². The van der Waals surface area contributed by atoms with Crippen LogP contribution >= 0.6 is 15.0 Å². The van der Waals surface area contributed by atoms with Crippen LogP contribution < -0.4 is 4.52 Å². The molecule has 0 bridgehead atoms. The molecule has 2 aliphatic heterocycles. The number of benzene rings is 2. The molecule has 2 atom stereocenters. The van der Waals surface area contributed by atoms with E-state index in [4.69, 9.17) is 9.05 Å². The Hall–Kier alpha value is -2.36. The second kappa shape index (κ2) is 6.75. The van der Waals surface area contributed by atoms with E-state index in [-0.39, 0.29) is 0 Å². The Balaban J connectivity index is 0.000000151. The van der Waals surface area contributed by atoms with E-state index in [0.29, 0.717) is 23.0 Å². The fraction of sp³-hybridized carbons (Fsp3) is 0.176. The molecule has 0 N–H and O–H groups in total. The average Bonchev–Trinajstić information content (AvgIpc) is 2.53. The van der Waals surface area contributed by atoms with Crippen molar-refractivity contribution in [1.29, 1.82) is 0 Å². The summed E-state index contributed by atoms with van der Waals surface area (Å²) < 4.78 is 37.3. The van der Waals surface area contributed by atoms with Crippen LogP contribution in [0.5, 0.6) is 5.75 Å². The van der Waals surface area contributed by atoms with Crippen LogP contribution in [-0.2, 0) is 24.3 Å². The fourth-order valence-electron chi connectivity index (χ4n) is 2.54. The first-order valence-electron chi connectivity index (χ1n) is 7.65. The van der Waals surface area contributed by atoms with Crippen molar-refractivity contribution in [1.82, 2.24) is 0 Å². The van der Waals surface area contributed by atoms with Crippen molar-refractivity contribution in [3.8, 4) is 5.75 Å². The molecule has 4 rings (SSSR count).